The highest BCUT2D eigenvalue weighted by molar-refractivity contribution is 6.39. The summed E-state index contributed by atoms with van der Waals surface area (Å²) in [6.45, 7) is 0.246. The van der Waals surface area contributed by atoms with E-state index in [-0.39, 0.29) is 12.2 Å². The van der Waals surface area contributed by atoms with Crippen LogP contribution in [0, 0.1) is 0 Å². The Labute approximate surface area is 175 Å². The summed E-state index contributed by atoms with van der Waals surface area (Å²) in [7, 11) is 1.86. The summed E-state index contributed by atoms with van der Waals surface area (Å²) in [5.74, 6) is -2.19. The molecule has 0 saturated heterocycles. The third-order valence-electron chi connectivity index (χ3n) is 4.32. The normalized spacial score (nSPS) is 11.1. The highest BCUT2D eigenvalue weighted by atomic mass is 19.4. The molecule has 7 nitrogen and oxygen atoms in total. The number of amides is 2. The van der Waals surface area contributed by atoms with E-state index in [1.165, 1.54) is 12.1 Å². The maximum Gasteiger partial charge on any atom is 0.573 e. The summed E-state index contributed by atoms with van der Waals surface area (Å²) >= 11 is 0. The van der Waals surface area contributed by atoms with Gasteiger partial charge in [0.15, 0.2) is 0 Å². The molecule has 0 aliphatic carbocycles. The summed E-state index contributed by atoms with van der Waals surface area (Å²) in [4.78, 5) is 23.9. The lowest BCUT2D eigenvalue weighted by molar-refractivity contribution is -0.274. The Morgan fingerprint density at radius 3 is 2.26 bits per heavy atom. The molecule has 0 unspecified atom stereocenters. The van der Waals surface area contributed by atoms with E-state index in [2.05, 4.69) is 20.5 Å². The van der Waals surface area contributed by atoms with E-state index in [4.69, 9.17) is 0 Å². The molecular formula is C21H19F3N4O3. The minimum absolute atomic E-state index is 0.167. The van der Waals surface area contributed by atoms with Crippen molar-refractivity contribution in [2.24, 2.45) is 7.05 Å². The second kappa shape index (κ2) is 9.33. The lowest BCUT2D eigenvalue weighted by atomic mass is 10.1. The summed E-state index contributed by atoms with van der Waals surface area (Å²) in [5, 5.41) is 8.95. The van der Waals surface area contributed by atoms with Gasteiger partial charge in [-0.3, -0.25) is 14.3 Å². The molecule has 0 radical (unpaired) electrons. The zero-order valence-electron chi connectivity index (χ0n) is 16.4. The Balaban J connectivity index is 1.45. The SMILES string of the molecule is Cn1nccc1-c1ccc(CCNC(=O)C(=O)Nc2ccc(OC(F)(F)F)cc2)cc1. The van der Waals surface area contributed by atoms with Crippen molar-refractivity contribution >= 4 is 17.5 Å². The number of aryl methyl sites for hydroxylation is 1. The van der Waals surface area contributed by atoms with Crippen molar-refractivity contribution in [3.8, 4) is 17.0 Å². The number of halogens is 3. The number of benzene rings is 2. The molecule has 0 aliphatic rings. The minimum atomic E-state index is -4.80. The average molecular weight is 432 g/mol. The first-order valence-electron chi connectivity index (χ1n) is 9.23. The predicted octanol–water partition coefficient (Wildman–Crippen LogP) is 3.28. The van der Waals surface area contributed by atoms with Crippen molar-refractivity contribution in [1.29, 1.82) is 0 Å². The highest BCUT2D eigenvalue weighted by Gasteiger charge is 2.31. The van der Waals surface area contributed by atoms with Crippen molar-refractivity contribution in [3.63, 3.8) is 0 Å². The Hall–Kier alpha value is -3.82. The van der Waals surface area contributed by atoms with Gasteiger partial charge in [-0.15, -0.1) is 13.2 Å². The molecule has 10 heteroatoms. The molecule has 3 aromatic rings. The number of hydrogen-bond acceptors (Lipinski definition) is 4. The third-order valence-corrected chi connectivity index (χ3v) is 4.32. The van der Waals surface area contributed by atoms with Gasteiger partial charge in [0, 0.05) is 25.5 Å². The van der Waals surface area contributed by atoms with Gasteiger partial charge in [-0.2, -0.15) is 5.10 Å². The van der Waals surface area contributed by atoms with Crippen LogP contribution in [-0.2, 0) is 23.1 Å². The number of nitrogens with zero attached hydrogens (tertiary/aromatic N) is 2. The first-order chi connectivity index (χ1) is 14.7. The first kappa shape index (κ1) is 21.9. The van der Waals surface area contributed by atoms with E-state index < -0.39 is 23.9 Å². The number of anilines is 1. The number of ether oxygens (including phenoxy) is 1. The van der Waals surface area contributed by atoms with Crippen LogP contribution in [0.15, 0.2) is 60.8 Å². The van der Waals surface area contributed by atoms with Crippen LogP contribution in [0.25, 0.3) is 11.3 Å². The van der Waals surface area contributed by atoms with E-state index in [0.29, 0.717) is 6.42 Å². The van der Waals surface area contributed by atoms with Crippen LogP contribution in [0.4, 0.5) is 18.9 Å². The van der Waals surface area contributed by atoms with Gasteiger partial charge in [-0.25, -0.2) is 0 Å². The number of carbonyl (C=O) groups is 2. The lowest BCUT2D eigenvalue weighted by Gasteiger charge is -2.10. The smallest absolute Gasteiger partial charge is 0.406 e. The van der Waals surface area contributed by atoms with Gasteiger partial charge in [-0.1, -0.05) is 24.3 Å². The maximum absolute atomic E-state index is 12.2. The van der Waals surface area contributed by atoms with Crippen LogP contribution in [0.2, 0.25) is 0 Å². The van der Waals surface area contributed by atoms with Crippen LogP contribution in [0.1, 0.15) is 5.56 Å². The summed E-state index contributed by atoms with van der Waals surface area (Å²) in [6.07, 6.45) is -2.56. The Bertz CT molecular complexity index is 1040. The van der Waals surface area contributed by atoms with Crippen LogP contribution in [0.3, 0.4) is 0 Å². The molecule has 0 fully saturated rings. The van der Waals surface area contributed by atoms with Crippen LogP contribution < -0.4 is 15.4 Å². The molecule has 31 heavy (non-hydrogen) atoms. The second-order valence-corrected chi connectivity index (χ2v) is 6.57. The number of rotatable bonds is 6. The topological polar surface area (TPSA) is 85.2 Å². The van der Waals surface area contributed by atoms with Crippen molar-refractivity contribution in [2.45, 2.75) is 12.8 Å². The Kier molecular flexibility index (Phi) is 6.58. The molecular weight excluding hydrogens is 413 g/mol. The molecule has 0 spiro atoms. The third kappa shape index (κ3) is 6.33. The molecule has 2 amide bonds. The number of hydrogen-bond donors (Lipinski definition) is 2. The quantitative estimate of drug-likeness (QED) is 0.586. The van der Waals surface area contributed by atoms with Crippen molar-refractivity contribution in [2.75, 3.05) is 11.9 Å². The molecule has 162 valence electrons. The van der Waals surface area contributed by atoms with Crippen LogP contribution >= 0.6 is 0 Å². The predicted molar refractivity (Wildman–Crippen MR) is 107 cm³/mol. The van der Waals surface area contributed by atoms with E-state index in [1.54, 1.807) is 10.9 Å². The second-order valence-electron chi connectivity index (χ2n) is 6.57. The van der Waals surface area contributed by atoms with Gasteiger partial charge in [0.2, 0.25) is 0 Å². The highest BCUT2D eigenvalue weighted by Crippen LogP contribution is 2.24. The van der Waals surface area contributed by atoms with Crippen LogP contribution in [-0.4, -0.2) is 34.5 Å². The van der Waals surface area contributed by atoms with Gasteiger partial charge in [0.1, 0.15) is 5.75 Å². The van der Waals surface area contributed by atoms with Crippen LogP contribution in [0.5, 0.6) is 5.75 Å². The summed E-state index contributed by atoms with van der Waals surface area (Å²) < 4.78 is 42.0. The fourth-order valence-corrected chi connectivity index (χ4v) is 2.83. The molecule has 1 aromatic heterocycles. The fraction of sp³-hybridized carbons (Fsp3) is 0.190. The summed E-state index contributed by atoms with van der Waals surface area (Å²) in [6, 6.07) is 14.2. The molecule has 2 aromatic carbocycles. The first-order valence-corrected chi connectivity index (χ1v) is 9.23. The van der Waals surface area contributed by atoms with E-state index >= 15 is 0 Å². The van der Waals surface area contributed by atoms with Gasteiger partial charge >= 0.3 is 18.2 Å². The van der Waals surface area contributed by atoms with Gasteiger partial charge in [0.05, 0.1) is 5.69 Å². The van der Waals surface area contributed by atoms with Crippen molar-refractivity contribution in [3.05, 3.63) is 66.4 Å². The molecule has 2 N–H and O–H groups in total. The molecule has 0 saturated carbocycles. The average Bonchev–Trinajstić information content (AvgIpc) is 3.14. The van der Waals surface area contributed by atoms with E-state index in [0.717, 1.165) is 29.0 Å². The monoisotopic (exact) mass is 432 g/mol. The largest absolute Gasteiger partial charge is 0.573 e. The van der Waals surface area contributed by atoms with Crippen molar-refractivity contribution in [1.82, 2.24) is 15.1 Å². The van der Waals surface area contributed by atoms with Gasteiger partial charge in [-0.05, 0) is 47.9 Å². The van der Waals surface area contributed by atoms with Crippen molar-refractivity contribution < 1.29 is 27.5 Å². The molecule has 3 rings (SSSR count). The fourth-order valence-electron chi connectivity index (χ4n) is 2.83. The zero-order valence-corrected chi connectivity index (χ0v) is 16.4. The lowest BCUT2D eigenvalue weighted by Crippen LogP contribution is -2.36. The zero-order chi connectivity index (χ0) is 22.4. The molecule has 0 bridgehead atoms. The number of aromatic nitrogens is 2. The molecule has 0 aliphatic heterocycles. The summed E-state index contributed by atoms with van der Waals surface area (Å²) in [5.41, 5.74) is 3.14. The Morgan fingerprint density at radius 2 is 1.68 bits per heavy atom. The van der Waals surface area contributed by atoms with Gasteiger partial charge < -0.3 is 15.4 Å². The van der Waals surface area contributed by atoms with Gasteiger partial charge in [0.25, 0.3) is 0 Å². The van der Waals surface area contributed by atoms with E-state index in [9.17, 15) is 22.8 Å². The number of alkyl halides is 3. The van der Waals surface area contributed by atoms with E-state index in [1.807, 2.05) is 37.4 Å². The number of nitrogens with one attached hydrogen (secondary N) is 2. The number of carbonyl (C=O) groups excluding carboxylic acids is 2. The maximum atomic E-state index is 12.2. The molecule has 1 heterocycles. The standard InChI is InChI=1S/C21H19F3N4O3/c1-28-18(11-13-26-28)15-4-2-14(3-5-15)10-12-25-19(29)20(30)27-16-6-8-17(9-7-16)31-21(22,23)24/h2-9,11,13H,10,12H2,1H3,(H,25,29)(H,27,30). The minimum Gasteiger partial charge on any atom is -0.406 e. The Morgan fingerprint density at radius 1 is 1.00 bits per heavy atom. The molecule has 0 atom stereocenters.